The predicted octanol–water partition coefficient (Wildman–Crippen LogP) is 16.6. The van der Waals surface area contributed by atoms with E-state index < -0.39 is 0 Å². The lowest BCUT2D eigenvalue weighted by molar-refractivity contribution is 0.590. The van der Waals surface area contributed by atoms with E-state index in [1.807, 2.05) is 11.3 Å². The molecule has 67 heavy (non-hydrogen) atoms. The Morgan fingerprint density at radius 2 is 1.12 bits per heavy atom. The van der Waals surface area contributed by atoms with Gasteiger partial charge in [-0.05, 0) is 114 Å². The van der Waals surface area contributed by atoms with Crippen molar-refractivity contribution in [2.24, 2.45) is 0 Å². The zero-order valence-electron chi connectivity index (χ0n) is 40.9. The first-order valence-corrected chi connectivity index (χ1v) is 25.0. The Morgan fingerprint density at radius 1 is 0.493 bits per heavy atom. The maximum Gasteiger partial charge on any atom is 0.333 e. The summed E-state index contributed by atoms with van der Waals surface area (Å²) in [6, 6.07) is 61.1. The van der Waals surface area contributed by atoms with E-state index >= 15 is 0 Å². The van der Waals surface area contributed by atoms with Gasteiger partial charge in [0.2, 0.25) is 0 Å². The van der Waals surface area contributed by atoms with Crippen LogP contribution in [0, 0.1) is 0 Å². The van der Waals surface area contributed by atoms with Crippen molar-refractivity contribution in [1.29, 1.82) is 0 Å². The molecule has 4 heteroatoms. The Morgan fingerprint density at radius 3 is 1.85 bits per heavy atom. The van der Waals surface area contributed by atoms with Crippen LogP contribution in [0.3, 0.4) is 0 Å². The van der Waals surface area contributed by atoms with E-state index in [9.17, 15) is 0 Å². The summed E-state index contributed by atoms with van der Waals surface area (Å²) in [5.74, 6) is 0. The molecule has 2 nitrogen and oxygen atoms in total. The summed E-state index contributed by atoms with van der Waals surface area (Å²) in [5, 5.41) is 2.63. The van der Waals surface area contributed by atoms with Crippen molar-refractivity contribution in [3.8, 4) is 33.4 Å². The number of thiophene rings is 1. The monoisotopic (exact) mass is 886 g/mol. The molecule has 8 aromatic carbocycles. The van der Waals surface area contributed by atoms with Crippen LogP contribution in [0.4, 0.5) is 28.4 Å². The van der Waals surface area contributed by atoms with Crippen molar-refractivity contribution in [1.82, 2.24) is 0 Å². The molecule has 0 saturated carbocycles. The number of hydrogen-bond acceptors (Lipinski definition) is 3. The van der Waals surface area contributed by atoms with Crippen LogP contribution < -0.4 is 20.6 Å². The highest BCUT2D eigenvalue weighted by Crippen LogP contribution is 2.58. The number of fused-ring (bicyclic) bond motifs is 12. The molecule has 0 fully saturated rings. The number of nitrogens with zero attached hydrogens (tertiary/aromatic N) is 2. The highest BCUT2D eigenvalue weighted by atomic mass is 32.1. The van der Waals surface area contributed by atoms with Gasteiger partial charge in [-0.1, -0.05) is 191 Å². The predicted molar refractivity (Wildman–Crippen MR) is 292 cm³/mol. The van der Waals surface area contributed by atoms with Crippen molar-refractivity contribution in [2.75, 3.05) is 9.71 Å². The molecule has 1 aromatic heterocycles. The minimum atomic E-state index is -0.279. The van der Waals surface area contributed by atoms with Crippen LogP contribution in [0.25, 0.3) is 53.6 Å². The quantitative estimate of drug-likeness (QED) is 0.163. The molecule has 3 aliphatic rings. The average molecular weight is 887 g/mol. The van der Waals surface area contributed by atoms with Gasteiger partial charge in [0.25, 0.3) is 0 Å². The Hall–Kier alpha value is -6.36. The number of anilines is 5. The summed E-state index contributed by atoms with van der Waals surface area (Å²) in [6.45, 7) is 25.8. The molecule has 0 unspecified atom stereocenters. The molecule has 0 saturated heterocycles. The smallest absolute Gasteiger partial charge is 0.333 e. The van der Waals surface area contributed by atoms with E-state index in [2.05, 4.69) is 244 Å². The van der Waals surface area contributed by atoms with Gasteiger partial charge in [0.05, 0.1) is 5.69 Å². The molecule has 12 rings (SSSR count). The first-order valence-electron chi connectivity index (χ1n) is 24.2. The molecule has 9 aromatic rings. The van der Waals surface area contributed by atoms with Crippen LogP contribution in [-0.4, -0.2) is 6.85 Å². The topological polar surface area (TPSA) is 6.48 Å². The fourth-order valence-corrected chi connectivity index (χ4v) is 13.0. The molecule has 330 valence electrons. The van der Waals surface area contributed by atoms with Crippen LogP contribution in [0.15, 0.2) is 158 Å². The molecule has 3 heterocycles. The molecule has 0 radical (unpaired) electrons. The third-order valence-electron chi connectivity index (χ3n) is 15.3. The van der Waals surface area contributed by atoms with E-state index in [0.29, 0.717) is 0 Å². The zero-order valence-corrected chi connectivity index (χ0v) is 41.7. The summed E-state index contributed by atoms with van der Waals surface area (Å²) in [7, 11) is 0. The van der Waals surface area contributed by atoms with Crippen molar-refractivity contribution >= 4 is 77.7 Å². The molecule has 1 aliphatic carbocycles. The van der Waals surface area contributed by atoms with E-state index in [-0.39, 0.29) is 28.5 Å². The van der Waals surface area contributed by atoms with Crippen LogP contribution >= 0.6 is 11.3 Å². The van der Waals surface area contributed by atoms with Crippen molar-refractivity contribution in [2.45, 2.75) is 97.8 Å². The molecule has 0 N–H and O–H groups in total. The van der Waals surface area contributed by atoms with E-state index in [1.165, 1.54) is 121 Å². The molecule has 0 amide bonds. The number of hydrogen-bond donors (Lipinski definition) is 0. The van der Waals surface area contributed by atoms with Crippen LogP contribution in [0.5, 0.6) is 0 Å². The van der Waals surface area contributed by atoms with Crippen molar-refractivity contribution < 1.29 is 0 Å². The fourth-order valence-electron chi connectivity index (χ4n) is 11.7. The number of rotatable bonds is 3. The highest BCUT2D eigenvalue weighted by Gasteiger charge is 2.50. The molecular formula is C63H59BN2S. The summed E-state index contributed by atoms with van der Waals surface area (Å²) >= 11 is 1.95. The lowest BCUT2D eigenvalue weighted by Crippen LogP contribution is -2.62. The maximum absolute atomic E-state index is 2.73. The van der Waals surface area contributed by atoms with Crippen molar-refractivity contribution in [3.05, 3.63) is 186 Å². The second kappa shape index (κ2) is 14.3. The van der Waals surface area contributed by atoms with Crippen LogP contribution in [0.2, 0.25) is 0 Å². The van der Waals surface area contributed by atoms with E-state index in [4.69, 9.17) is 0 Å². The number of benzene rings is 8. The van der Waals surface area contributed by atoms with Gasteiger partial charge < -0.3 is 9.71 Å². The standard InChI is InChI=1S/C63H59BN2S/c1-60(2,3)39-25-29-42(30-26-39)66-52-36-41(62(7,8)9)27-31-46(52)55-57-53(37-48-44-22-16-18-24-54(44)67-59(48)55)65(51-34-28-40(61(4,5)6)35-47(51)38-19-13-12-14-20-38)58-50(64(57)66)33-32-45-43-21-15-17-23-49(43)63(10,11)56(45)58/h12-37H,1-11H3. The van der Waals surface area contributed by atoms with Gasteiger partial charge >= 0.3 is 6.85 Å². The summed E-state index contributed by atoms with van der Waals surface area (Å²) in [5.41, 5.74) is 23.2. The zero-order chi connectivity index (χ0) is 46.5. The van der Waals surface area contributed by atoms with E-state index in [0.717, 1.165) is 0 Å². The first kappa shape index (κ1) is 42.0. The molecule has 0 atom stereocenters. The van der Waals surface area contributed by atoms with E-state index in [1.54, 1.807) is 0 Å². The third-order valence-corrected chi connectivity index (χ3v) is 16.5. The van der Waals surface area contributed by atoms with Crippen LogP contribution in [0.1, 0.15) is 104 Å². The Bertz CT molecular complexity index is 3500. The average Bonchev–Trinajstić information content (AvgIpc) is 3.79. The summed E-state index contributed by atoms with van der Waals surface area (Å²) in [6.07, 6.45) is 0. The lowest BCUT2D eigenvalue weighted by atomic mass is 9.43. The minimum absolute atomic E-state index is 0.0301. The molecular weight excluding hydrogens is 828 g/mol. The first-order chi connectivity index (χ1) is 31.9. The maximum atomic E-state index is 2.73. The molecule has 0 spiro atoms. The largest absolute Gasteiger partial charge is 0.376 e. The Labute approximate surface area is 402 Å². The van der Waals surface area contributed by atoms with Gasteiger partial charge in [0.15, 0.2) is 0 Å². The normalized spacial score (nSPS) is 14.8. The van der Waals surface area contributed by atoms with Crippen LogP contribution in [-0.2, 0) is 21.7 Å². The third kappa shape index (κ3) is 6.21. The van der Waals surface area contributed by atoms with Gasteiger partial charge in [-0.3, -0.25) is 0 Å². The Balaban J connectivity index is 1.29. The lowest BCUT2D eigenvalue weighted by Gasteiger charge is -2.48. The Kier molecular flexibility index (Phi) is 8.99. The van der Waals surface area contributed by atoms with Gasteiger partial charge in [0.1, 0.15) is 0 Å². The van der Waals surface area contributed by atoms with Gasteiger partial charge in [0, 0.05) is 65.0 Å². The molecule has 2 aliphatic heterocycles. The van der Waals surface area contributed by atoms with Crippen molar-refractivity contribution in [3.63, 3.8) is 0 Å². The summed E-state index contributed by atoms with van der Waals surface area (Å²) < 4.78 is 2.68. The van der Waals surface area contributed by atoms with Gasteiger partial charge in [-0.15, -0.1) is 11.3 Å². The minimum Gasteiger partial charge on any atom is -0.376 e. The highest BCUT2D eigenvalue weighted by molar-refractivity contribution is 7.26. The SMILES string of the molecule is CC(C)(C)c1ccc(N2B3c4ccc5c(c4N(c4ccc(C(C)(C)C)cc4-c4ccccc4)c4cc6c(sc7ccccc76)c(c43)-c3ccc(C(C)(C)C)cc32)C(C)(C)c2ccccc2-5)cc1. The molecule has 0 bridgehead atoms. The van der Waals surface area contributed by atoms with Gasteiger partial charge in [-0.2, -0.15) is 0 Å². The second-order valence-electron chi connectivity index (χ2n) is 23.0. The fraction of sp³-hybridized carbons (Fsp3) is 0.238. The summed E-state index contributed by atoms with van der Waals surface area (Å²) in [4.78, 5) is 5.45. The van der Waals surface area contributed by atoms with Gasteiger partial charge in [-0.25, -0.2) is 0 Å². The second-order valence-corrected chi connectivity index (χ2v) is 24.0.